The molecular weight excluding hydrogens is 96.4 g/mol. The SMILES string of the molecule is CCCCC[CH2][Mg+].[H-]. The van der Waals surface area contributed by atoms with E-state index in [1.165, 1.54) is 30.2 Å². The molecule has 0 aliphatic carbocycles. The number of unbranched alkanes of at least 4 members (excludes halogenated alkanes) is 3. The second-order valence-electron chi connectivity index (χ2n) is 1.91. The van der Waals surface area contributed by atoms with Crippen molar-refractivity contribution in [1.82, 2.24) is 0 Å². The zero-order valence-electron chi connectivity index (χ0n) is 6.24. The Morgan fingerprint density at radius 2 is 2.00 bits per heavy atom. The van der Waals surface area contributed by atoms with Crippen molar-refractivity contribution in [1.29, 1.82) is 0 Å². The van der Waals surface area contributed by atoms with Gasteiger partial charge in [0, 0.05) is 0 Å². The molecule has 0 unspecified atom stereocenters. The number of rotatable bonds is 4. The molecule has 0 aromatic carbocycles. The zero-order chi connectivity index (χ0) is 5.54. The minimum atomic E-state index is 0. The molecule has 0 fully saturated rings. The standard InChI is InChI=1S/C6H13.Mg.H/c1-3-5-6-4-2;;/h1,3-6H2,2H3;;/q;+1;-1. The Hall–Kier alpha value is 0.766. The summed E-state index contributed by atoms with van der Waals surface area (Å²) in [4.78, 5) is 0. The molecule has 0 aromatic heterocycles. The van der Waals surface area contributed by atoms with E-state index in [4.69, 9.17) is 0 Å². The average molecular weight is 110 g/mol. The van der Waals surface area contributed by atoms with Crippen molar-refractivity contribution in [2.24, 2.45) is 0 Å². The Balaban J connectivity index is 0. The van der Waals surface area contributed by atoms with Crippen LogP contribution in [0.15, 0.2) is 0 Å². The van der Waals surface area contributed by atoms with Gasteiger partial charge in [-0.1, -0.05) is 0 Å². The summed E-state index contributed by atoms with van der Waals surface area (Å²) in [6.07, 6.45) is 5.67. The Morgan fingerprint density at radius 3 is 2.43 bits per heavy atom. The predicted octanol–water partition coefficient (Wildman–Crippen LogP) is 2.27. The van der Waals surface area contributed by atoms with Crippen molar-refractivity contribution in [2.75, 3.05) is 0 Å². The molecule has 0 N–H and O–H groups in total. The first kappa shape index (κ1) is 7.77. The van der Waals surface area contributed by atoms with Crippen molar-refractivity contribution in [3.63, 3.8) is 0 Å². The predicted molar refractivity (Wildman–Crippen MR) is 35.8 cm³/mol. The molecule has 0 bridgehead atoms. The summed E-state index contributed by atoms with van der Waals surface area (Å²) < 4.78 is 1.39. The number of hydrogen-bond acceptors (Lipinski definition) is 0. The summed E-state index contributed by atoms with van der Waals surface area (Å²) in [5.74, 6) is 0. The third kappa shape index (κ3) is 6.77. The second-order valence-corrected chi connectivity index (χ2v) is 2.62. The molecule has 1 heteroatoms. The summed E-state index contributed by atoms with van der Waals surface area (Å²) in [6, 6.07) is 0. The summed E-state index contributed by atoms with van der Waals surface area (Å²) in [5, 5.41) is 0. The number of hydrogen-bond donors (Lipinski definition) is 0. The average Bonchev–Trinajstić information content (AvgIpc) is 1.69. The fourth-order valence-electron chi connectivity index (χ4n) is 0.604. The Morgan fingerprint density at radius 1 is 1.29 bits per heavy atom. The van der Waals surface area contributed by atoms with Gasteiger partial charge in [0.2, 0.25) is 0 Å². The van der Waals surface area contributed by atoms with E-state index in [1.807, 2.05) is 0 Å². The van der Waals surface area contributed by atoms with E-state index in [0.717, 1.165) is 0 Å². The van der Waals surface area contributed by atoms with Gasteiger partial charge in [0.15, 0.2) is 0 Å². The van der Waals surface area contributed by atoms with E-state index in [0.29, 0.717) is 0 Å². The fraction of sp³-hybridized carbons (Fsp3) is 1.00. The van der Waals surface area contributed by atoms with Crippen molar-refractivity contribution >= 4 is 21.7 Å². The van der Waals surface area contributed by atoms with Crippen LogP contribution in [0.5, 0.6) is 0 Å². The van der Waals surface area contributed by atoms with Gasteiger partial charge in [0.05, 0.1) is 0 Å². The molecule has 0 saturated carbocycles. The van der Waals surface area contributed by atoms with Gasteiger partial charge in [-0.2, -0.15) is 0 Å². The third-order valence-electron chi connectivity index (χ3n) is 1.10. The topological polar surface area (TPSA) is 0 Å². The van der Waals surface area contributed by atoms with Gasteiger partial charge >= 0.3 is 58.9 Å². The summed E-state index contributed by atoms with van der Waals surface area (Å²) in [7, 11) is 0. The van der Waals surface area contributed by atoms with Crippen LogP contribution >= 0.6 is 0 Å². The smallest absolute Gasteiger partial charge is 1.00 e. The maximum absolute atomic E-state index is 2.25. The monoisotopic (exact) mass is 110 g/mol. The molecule has 0 rings (SSSR count). The van der Waals surface area contributed by atoms with Gasteiger partial charge in [-0.05, 0) is 0 Å². The van der Waals surface area contributed by atoms with Crippen LogP contribution in [0.25, 0.3) is 0 Å². The van der Waals surface area contributed by atoms with Gasteiger partial charge in [-0.3, -0.25) is 0 Å². The van der Waals surface area contributed by atoms with Crippen LogP contribution in [0.4, 0.5) is 0 Å². The van der Waals surface area contributed by atoms with Gasteiger partial charge in [-0.15, -0.1) is 0 Å². The van der Waals surface area contributed by atoms with Crippen molar-refractivity contribution in [2.45, 2.75) is 37.2 Å². The van der Waals surface area contributed by atoms with Crippen molar-refractivity contribution < 1.29 is 1.43 Å². The van der Waals surface area contributed by atoms with Gasteiger partial charge in [-0.25, -0.2) is 0 Å². The Kier molecular flexibility index (Phi) is 7.51. The fourth-order valence-corrected chi connectivity index (χ4v) is 0.957. The van der Waals surface area contributed by atoms with Crippen molar-refractivity contribution in [3.8, 4) is 0 Å². The second kappa shape index (κ2) is 6.77. The molecule has 0 radical (unpaired) electrons. The van der Waals surface area contributed by atoms with Gasteiger partial charge in [0.1, 0.15) is 0 Å². The van der Waals surface area contributed by atoms with E-state index in [9.17, 15) is 0 Å². The van der Waals surface area contributed by atoms with E-state index in [1.54, 1.807) is 0 Å². The van der Waals surface area contributed by atoms with Gasteiger partial charge in [0.25, 0.3) is 0 Å². The van der Waals surface area contributed by atoms with E-state index in [2.05, 4.69) is 28.6 Å². The quantitative estimate of drug-likeness (QED) is 0.385. The molecule has 0 saturated heterocycles. The Labute approximate surface area is 60.6 Å². The van der Waals surface area contributed by atoms with Crippen LogP contribution in [-0.4, -0.2) is 21.7 Å². The first-order valence-corrected chi connectivity index (χ1v) is 4.21. The van der Waals surface area contributed by atoms with Crippen LogP contribution in [0.3, 0.4) is 0 Å². The molecule has 0 atom stereocenters. The largest absolute Gasteiger partial charge is 1.00 e. The molecule has 0 amide bonds. The van der Waals surface area contributed by atoms with Crippen molar-refractivity contribution in [3.05, 3.63) is 0 Å². The minimum absolute atomic E-state index is 0. The summed E-state index contributed by atoms with van der Waals surface area (Å²) in [6.45, 7) is 2.25. The molecule has 40 valence electrons. The minimum Gasteiger partial charge on any atom is -1.00 e. The van der Waals surface area contributed by atoms with Crippen LogP contribution < -0.4 is 0 Å². The summed E-state index contributed by atoms with van der Waals surface area (Å²) in [5.41, 5.74) is 0. The molecule has 7 heavy (non-hydrogen) atoms. The molecule has 0 heterocycles. The first-order valence-electron chi connectivity index (χ1n) is 3.21. The molecule has 0 spiro atoms. The van der Waals surface area contributed by atoms with Crippen LogP contribution in [0.1, 0.15) is 34.0 Å². The third-order valence-corrected chi connectivity index (χ3v) is 1.60. The van der Waals surface area contributed by atoms with Crippen LogP contribution in [-0.2, 0) is 0 Å². The molecule has 0 aromatic rings. The maximum atomic E-state index is 2.25. The van der Waals surface area contributed by atoms with E-state index >= 15 is 0 Å². The molecule has 0 nitrogen and oxygen atoms in total. The summed E-state index contributed by atoms with van der Waals surface area (Å²) >= 11 is 2.08. The molecule has 0 aliphatic rings. The molecule has 0 aliphatic heterocycles. The van der Waals surface area contributed by atoms with Gasteiger partial charge < -0.3 is 1.43 Å². The molecular formula is C6H14Mg. The Bertz CT molecular complexity index is 27.7. The van der Waals surface area contributed by atoms with Crippen LogP contribution in [0.2, 0.25) is 4.55 Å². The first-order chi connectivity index (χ1) is 3.41. The van der Waals surface area contributed by atoms with E-state index in [-0.39, 0.29) is 1.43 Å². The zero-order valence-corrected chi connectivity index (χ0v) is 6.66. The van der Waals surface area contributed by atoms with E-state index < -0.39 is 0 Å². The normalized spacial score (nSPS) is 9.57. The van der Waals surface area contributed by atoms with Crippen LogP contribution in [0, 0.1) is 0 Å². The maximum Gasteiger partial charge on any atom is -1.00 e.